The average molecular weight is 420 g/mol. The van der Waals surface area contributed by atoms with Crippen LogP contribution in [0.25, 0.3) is 0 Å². The first-order valence-corrected chi connectivity index (χ1v) is 11.7. The Balaban J connectivity index is 2.51. The second-order valence-corrected chi connectivity index (χ2v) is 7.98. The smallest absolute Gasteiger partial charge is 0.344 e. The molecule has 5 nitrogen and oxygen atoms in total. The summed E-state index contributed by atoms with van der Waals surface area (Å²) in [7, 11) is 0.295. The molecule has 0 amide bonds. The maximum atomic E-state index is 12.6. The van der Waals surface area contributed by atoms with Gasteiger partial charge in [0.2, 0.25) is 0 Å². The molecule has 0 saturated carbocycles. The van der Waals surface area contributed by atoms with Crippen LogP contribution in [0.5, 0.6) is 11.5 Å². The zero-order valence-corrected chi connectivity index (χ0v) is 19.0. The maximum absolute atomic E-state index is 12.6. The Kier molecular flexibility index (Phi) is 7.57. The summed E-state index contributed by atoms with van der Waals surface area (Å²) in [5, 5.41) is 0. The van der Waals surface area contributed by atoms with E-state index in [9.17, 15) is 9.59 Å². The molecule has 2 atom stereocenters. The fourth-order valence-electron chi connectivity index (χ4n) is 3.22. The minimum absolute atomic E-state index is 0.0666. The fourth-order valence-corrected chi connectivity index (χ4v) is 3.89. The van der Waals surface area contributed by atoms with E-state index >= 15 is 0 Å². The van der Waals surface area contributed by atoms with Gasteiger partial charge in [0, 0.05) is 12.3 Å². The summed E-state index contributed by atoms with van der Waals surface area (Å²) in [5.74, 6) is 0.334. The van der Waals surface area contributed by atoms with E-state index in [-0.39, 0.29) is 35.0 Å². The average Bonchev–Trinajstić information content (AvgIpc) is 2.62. The molecular weight excluding hydrogens is 394 g/mol. The van der Waals surface area contributed by atoms with Crippen molar-refractivity contribution in [3.8, 4) is 11.5 Å². The van der Waals surface area contributed by atoms with Gasteiger partial charge in [0.1, 0.15) is 17.1 Å². The van der Waals surface area contributed by atoms with Gasteiger partial charge in [0.25, 0.3) is 0 Å². The lowest BCUT2D eigenvalue weighted by molar-refractivity contribution is -0.131. The Morgan fingerprint density at radius 2 is 1.61 bits per heavy atom. The van der Waals surface area contributed by atoms with E-state index in [1.54, 1.807) is 12.1 Å². The monoisotopic (exact) mass is 420 g/mol. The number of carbonyl (C=O) groups excluding carboxylic acids is 2. The molecule has 2 unspecified atom stereocenters. The highest BCUT2D eigenvalue weighted by atomic mass is 31.1. The van der Waals surface area contributed by atoms with E-state index in [1.807, 2.05) is 44.5 Å². The molecule has 2 aromatic carbocycles. The summed E-state index contributed by atoms with van der Waals surface area (Å²) in [4.78, 5) is 23.7. The van der Waals surface area contributed by atoms with Crippen LogP contribution in [0, 0.1) is 6.92 Å². The van der Waals surface area contributed by atoms with Crippen molar-refractivity contribution in [2.24, 2.45) is 0 Å². The topological polar surface area (TPSA) is 61.8 Å². The van der Waals surface area contributed by atoms with Crippen LogP contribution in [0.3, 0.4) is 0 Å². The highest BCUT2D eigenvalue weighted by Gasteiger charge is 2.29. The van der Waals surface area contributed by atoms with Crippen molar-refractivity contribution in [3.63, 3.8) is 0 Å². The maximum Gasteiger partial charge on any atom is 0.344 e. The Labute approximate surface area is 169 Å². The first-order chi connectivity index (χ1) is 13.2. The highest BCUT2D eigenvalue weighted by molar-refractivity contribution is 7.32. The van der Waals surface area contributed by atoms with Gasteiger partial charge in [0.05, 0.1) is 17.6 Å². The summed E-state index contributed by atoms with van der Waals surface area (Å²) in [6, 6.07) is 11.2. The van der Waals surface area contributed by atoms with Gasteiger partial charge in [-0.15, -0.1) is 0 Å². The Morgan fingerprint density at radius 3 is 2.14 bits per heavy atom. The number of hydrogen-bond acceptors (Lipinski definition) is 5. The molecule has 0 radical (unpaired) electrons. The third-order valence-corrected chi connectivity index (χ3v) is 5.36. The molecule has 0 aromatic heterocycles. The van der Waals surface area contributed by atoms with Crippen molar-refractivity contribution < 1.29 is 23.4 Å². The van der Waals surface area contributed by atoms with Crippen LogP contribution in [-0.4, -0.2) is 25.3 Å². The lowest BCUT2D eigenvalue weighted by Gasteiger charge is -2.29. The predicted octanol–water partition coefficient (Wildman–Crippen LogP) is 5.23. The third-order valence-electron chi connectivity index (χ3n) is 4.55. The molecule has 0 saturated heterocycles. The van der Waals surface area contributed by atoms with Gasteiger partial charge in [-0.3, -0.25) is 4.79 Å². The number of esters is 1. The first kappa shape index (κ1) is 22.3. The van der Waals surface area contributed by atoms with E-state index < -0.39 is 0 Å². The van der Waals surface area contributed by atoms with Crippen LogP contribution < -0.4 is 9.26 Å². The zero-order valence-electron chi connectivity index (χ0n) is 17.0. The molecule has 0 aliphatic rings. The Hall–Kier alpha value is -1.96. The summed E-state index contributed by atoms with van der Waals surface area (Å²) in [6.07, 6.45) is 0. The van der Waals surface area contributed by atoms with Crippen molar-refractivity contribution in [3.05, 3.63) is 58.7 Å². The van der Waals surface area contributed by atoms with Crippen molar-refractivity contribution >= 4 is 29.6 Å². The largest absolute Gasteiger partial charge is 0.477 e. The van der Waals surface area contributed by atoms with Crippen LogP contribution in [0.1, 0.15) is 47.8 Å². The van der Waals surface area contributed by atoms with Gasteiger partial charge >= 0.3 is 11.9 Å². The molecular formula is C21H26O5P2. The molecule has 2 rings (SSSR count). The SMILES string of the molecule is CPOC(=O)c1c(OPC)ccc(C(C)(C)c2ccc(OC(C)=O)cc2)c1C. The minimum atomic E-state index is -0.380. The van der Waals surface area contributed by atoms with Crippen LogP contribution >= 0.6 is 17.6 Å². The second kappa shape index (κ2) is 9.49. The van der Waals surface area contributed by atoms with Crippen molar-refractivity contribution in [1.29, 1.82) is 0 Å². The molecule has 150 valence electrons. The lowest BCUT2D eigenvalue weighted by atomic mass is 9.75. The van der Waals surface area contributed by atoms with Crippen molar-refractivity contribution in [2.45, 2.75) is 33.1 Å². The summed E-state index contributed by atoms with van der Waals surface area (Å²) in [6.45, 7) is 11.2. The lowest BCUT2D eigenvalue weighted by Crippen LogP contribution is -2.22. The predicted molar refractivity (Wildman–Crippen MR) is 116 cm³/mol. The molecule has 0 aliphatic carbocycles. The molecule has 0 N–H and O–H groups in total. The normalized spacial score (nSPS) is 11.9. The zero-order chi connectivity index (χ0) is 20.9. The quantitative estimate of drug-likeness (QED) is 0.349. The molecule has 0 spiro atoms. The van der Waals surface area contributed by atoms with Crippen LogP contribution in [0.2, 0.25) is 0 Å². The molecule has 0 aliphatic heterocycles. The van der Waals surface area contributed by atoms with E-state index in [0.717, 1.165) is 16.7 Å². The summed E-state index contributed by atoms with van der Waals surface area (Å²) in [5.41, 5.74) is 2.98. The van der Waals surface area contributed by atoms with E-state index in [2.05, 4.69) is 13.8 Å². The summed E-state index contributed by atoms with van der Waals surface area (Å²) < 4.78 is 16.1. The third kappa shape index (κ3) is 4.90. The number of carbonyl (C=O) groups is 2. The Bertz CT molecular complexity index is 860. The minimum Gasteiger partial charge on any atom is -0.477 e. The van der Waals surface area contributed by atoms with Crippen molar-refractivity contribution in [1.82, 2.24) is 0 Å². The standard InChI is InChI=1S/C21H26O5P2/c1-13-17(11-12-18(25-27-5)19(13)20(23)26-28-6)21(3,4)15-7-9-16(10-8-15)24-14(2)22/h7-12,27-28H,1-6H3. The first-order valence-electron chi connectivity index (χ1n) is 8.87. The van der Waals surface area contributed by atoms with Crippen LogP contribution in [-0.2, 0) is 14.7 Å². The fraction of sp³-hybridized carbons (Fsp3) is 0.333. The number of ether oxygens (including phenoxy) is 1. The van der Waals surface area contributed by atoms with E-state index in [0.29, 0.717) is 17.1 Å². The molecule has 28 heavy (non-hydrogen) atoms. The molecule has 0 bridgehead atoms. The van der Waals surface area contributed by atoms with Gasteiger partial charge in [-0.2, -0.15) is 0 Å². The molecule has 0 heterocycles. The van der Waals surface area contributed by atoms with Crippen molar-refractivity contribution in [2.75, 3.05) is 13.3 Å². The highest BCUT2D eigenvalue weighted by Crippen LogP contribution is 2.39. The second-order valence-electron chi connectivity index (χ2n) is 6.75. The molecule has 7 heteroatoms. The number of benzene rings is 2. The van der Waals surface area contributed by atoms with E-state index in [4.69, 9.17) is 13.8 Å². The number of rotatable bonds is 7. The van der Waals surface area contributed by atoms with Gasteiger partial charge in [0.15, 0.2) is 0 Å². The van der Waals surface area contributed by atoms with Gasteiger partial charge in [-0.25, -0.2) is 4.79 Å². The van der Waals surface area contributed by atoms with Gasteiger partial charge < -0.3 is 13.8 Å². The molecule has 0 fully saturated rings. The van der Waals surface area contributed by atoms with Crippen LogP contribution in [0.15, 0.2) is 36.4 Å². The van der Waals surface area contributed by atoms with Crippen LogP contribution in [0.4, 0.5) is 0 Å². The van der Waals surface area contributed by atoms with E-state index in [1.165, 1.54) is 6.92 Å². The number of hydrogen-bond donors (Lipinski definition) is 0. The van der Waals surface area contributed by atoms with Gasteiger partial charge in [-0.1, -0.05) is 32.0 Å². The molecule has 2 aromatic rings. The summed E-state index contributed by atoms with van der Waals surface area (Å²) >= 11 is 0. The van der Waals surface area contributed by atoms with Gasteiger partial charge in [-0.05, 0) is 55.1 Å². The Morgan fingerprint density at radius 1 is 0.964 bits per heavy atom.